The molecule has 0 spiro atoms. The summed E-state index contributed by atoms with van der Waals surface area (Å²) in [5.41, 5.74) is 6.22. The first kappa shape index (κ1) is 21.7. The Hall–Kier alpha value is -2.99. The lowest BCUT2D eigenvalue weighted by atomic mass is 10.0. The Bertz CT molecular complexity index is 1050. The van der Waals surface area contributed by atoms with Gasteiger partial charge in [-0.3, -0.25) is 4.79 Å². The summed E-state index contributed by atoms with van der Waals surface area (Å²) in [4.78, 5) is 29.4. The topological polar surface area (TPSA) is 68.3 Å². The molecule has 5 nitrogen and oxygen atoms in total. The quantitative estimate of drug-likeness (QED) is 0.534. The molecule has 0 aliphatic carbocycles. The van der Waals surface area contributed by atoms with E-state index in [2.05, 4.69) is 29.4 Å². The van der Waals surface area contributed by atoms with Gasteiger partial charge in [-0.05, 0) is 50.8 Å². The zero-order chi connectivity index (χ0) is 21.8. The highest BCUT2D eigenvalue weighted by atomic mass is 32.1. The second-order valence-corrected chi connectivity index (χ2v) is 8.26. The van der Waals surface area contributed by atoms with Gasteiger partial charge in [0.1, 0.15) is 5.01 Å². The molecule has 0 saturated carbocycles. The number of rotatable bonds is 6. The Balaban J connectivity index is 1.65. The smallest absolute Gasteiger partial charge is 0.358 e. The van der Waals surface area contributed by atoms with Crippen molar-refractivity contribution < 1.29 is 14.3 Å². The van der Waals surface area contributed by atoms with E-state index < -0.39 is 12.1 Å². The number of aryl methyl sites for hydroxylation is 4. The fourth-order valence-corrected chi connectivity index (χ4v) is 4.05. The standard InChI is InChI=1S/C24H26N2O3S/c1-6-18-7-9-19(10-8-18)23-25-20(13-30-23)24(28)29-17(5)22(27)26-21-15(3)11-14(2)12-16(21)4/h7-13,17H,6H2,1-5H3,(H,26,27)/t17-/m0/s1. The maximum absolute atomic E-state index is 12.5. The number of nitrogens with zero attached hydrogens (tertiary/aromatic N) is 1. The third kappa shape index (κ3) is 4.94. The Kier molecular flexibility index (Phi) is 6.67. The van der Waals surface area contributed by atoms with Crippen molar-refractivity contribution in [3.8, 4) is 10.6 Å². The molecular formula is C24H26N2O3S. The van der Waals surface area contributed by atoms with Gasteiger partial charge in [0.2, 0.25) is 0 Å². The van der Waals surface area contributed by atoms with E-state index in [4.69, 9.17) is 4.74 Å². The van der Waals surface area contributed by atoms with Gasteiger partial charge in [-0.15, -0.1) is 11.3 Å². The Morgan fingerprint density at radius 3 is 2.33 bits per heavy atom. The van der Waals surface area contributed by atoms with E-state index in [-0.39, 0.29) is 11.6 Å². The van der Waals surface area contributed by atoms with Crippen molar-refractivity contribution >= 4 is 28.9 Å². The molecule has 1 aromatic heterocycles. The highest BCUT2D eigenvalue weighted by Gasteiger charge is 2.22. The van der Waals surface area contributed by atoms with Gasteiger partial charge in [-0.1, -0.05) is 48.9 Å². The zero-order valence-electron chi connectivity index (χ0n) is 17.9. The lowest BCUT2D eigenvalue weighted by molar-refractivity contribution is -0.123. The Morgan fingerprint density at radius 1 is 1.10 bits per heavy atom. The first-order chi connectivity index (χ1) is 14.3. The van der Waals surface area contributed by atoms with Crippen molar-refractivity contribution in [2.24, 2.45) is 0 Å². The van der Waals surface area contributed by atoms with E-state index in [0.29, 0.717) is 0 Å². The fourth-order valence-electron chi connectivity index (χ4n) is 3.26. The number of nitrogens with one attached hydrogen (secondary N) is 1. The van der Waals surface area contributed by atoms with Crippen LogP contribution in [0.25, 0.3) is 10.6 Å². The maximum atomic E-state index is 12.5. The van der Waals surface area contributed by atoms with Crippen LogP contribution in [0.1, 0.15) is 46.6 Å². The summed E-state index contributed by atoms with van der Waals surface area (Å²) in [6, 6.07) is 12.1. The van der Waals surface area contributed by atoms with Gasteiger partial charge in [0, 0.05) is 16.6 Å². The summed E-state index contributed by atoms with van der Waals surface area (Å²) < 4.78 is 5.35. The monoisotopic (exact) mass is 422 g/mol. The number of anilines is 1. The van der Waals surface area contributed by atoms with Crippen LogP contribution in [0.4, 0.5) is 5.69 Å². The van der Waals surface area contributed by atoms with Gasteiger partial charge in [-0.25, -0.2) is 9.78 Å². The lowest BCUT2D eigenvalue weighted by Crippen LogP contribution is -2.30. The molecule has 1 atom stereocenters. The van der Waals surface area contributed by atoms with Crippen molar-refractivity contribution in [1.82, 2.24) is 4.98 Å². The molecule has 3 aromatic rings. The molecule has 3 rings (SSSR count). The molecule has 1 amide bonds. The van der Waals surface area contributed by atoms with Crippen LogP contribution in [-0.4, -0.2) is 23.0 Å². The molecule has 156 valence electrons. The number of carbonyl (C=O) groups is 2. The number of carbonyl (C=O) groups excluding carboxylic acids is 2. The average Bonchev–Trinajstić information content (AvgIpc) is 3.21. The van der Waals surface area contributed by atoms with Crippen LogP contribution >= 0.6 is 11.3 Å². The van der Waals surface area contributed by atoms with Crippen LogP contribution < -0.4 is 5.32 Å². The zero-order valence-corrected chi connectivity index (χ0v) is 18.7. The minimum atomic E-state index is -0.938. The third-order valence-electron chi connectivity index (χ3n) is 4.90. The van der Waals surface area contributed by atoms with Crippen molar-refractivity contribution in [2.45, 2.75) is 47.1 Å². The van der Waals surface area contributed by atoms with Crippen molar-refractivity contribution in [2.75, 3.05) is 5.32 Å². The highest BCUT2D eigenvalue weighted by molar-refractivity contribution is 7.13. The van der Waals surface area contributed by atoms with Crippen LogP contribution in [0, 0.1) is 20.8 Å². The van der Waals surface area contributed by atoms with Crippen molar-refractivity contribution in [1.29, 1.82) is 0 Å². The normalized spacial score (nSPS) is 11.8. The Labute approximate surface area is 181 Å². The van der Waals surface area contributed by atoms with E-state index in [1.807, 2.05) is 45.0 Å². The number of esters is 1. The molecule has 30 heavy (non-hydrogen) atoms. The molecule has 0 bridgehead atoms. The SMILES string of the molecule is CCc1ccc(-c2nc(C(=O)O[C@@H](C)C(=O)Nc3c(C)cc(C)cc3C)cs2)cc1. The molecule has 0 unspecified atom stereocenters. The second kappa shape index (κ2) is 9.22. The number of aromatic nitrogens is 1. The lowest BCUT2D eigenvalue weighted by Gasteiger charge is -2.16. The fraction of sp³-hybridized carbons (Fsp3) is 0.292. The predicted octanol–water partition coefficient (Wildman–Crippen LogP) is 5.48. The van der Waals surface area contributed by atoms with Crippen molar-refractivity contribution in [3.63, 3.8) is 0 Å². The first-order valence-corrected chi connectivity index (χ1v) is 10.8. The molecule has 2 aromatic carbocycles. The van der Waals surface area contributed by atoms with E-state index in [1.165, 1.54) is 16.9 Å². The number of hydrogen-bond acceptors (Lipinski definition) is 5. The van der Waals surface area contributed by atoms with Crippen LogP contribution in [0.2, 0.25) is 0 Å². The summed E-state index contributed by atoms with van der Waals surface area (Å²) in [7, 11) is 0. The van der Waals surface area contributed by atoms with Gasteiger partial charge < -0.3 is 10.1 Å². The largest absolute Gasteiger partial charge is 0.448 e. The van der Waals surface area contributed by atoms with Gasteiger partial charge in [0.05, 0.1) is 0 Å². The first-order valence-electron chi connectivity index (χ1n) is 9.93. The molecule has 1 heterocycles. The van der Waals surface area contributed by atoms with Gasteiger partial charge in [0.15, 0.2) is 11.8 Å². The summed E-state index contributed by atoms with van der Waals surface area (Å²) in [6.45, 7) is 9.55. The number of benzene rings is 2. The Morgan fingerprint density at radius 2 is 1.73 bits per heavy atom. The van der Waals surface area contributed by atoms with Crippen LogP contribution in [0.15, 0.2) is 41.8 Å². The van der Waals surface area contributed by atoms with Gasteiger partial charge >= 0.3 is 5.97 Å². The number of hydrogen-bond donors (Lipinski definition) is 1. The van der Waals surface area contributed by atoms with Gasteiger partial charge in [-0.2, -0.15) is 0 Å². The molecule has 0 saturated heterocycles. The minimum absolute atomic E-state index is 0.205. The van der Waals surface area contributed by atoms with E-state index in [1.54, 1.807) is 12.3 Å². The molecule has 6 heteroatoms. The molecule has 0 aliphatic heterocycles. The van der Waals surface area contributed by atoms with Gasteiger partial charge in [0.25, 0.3) is 5.91 Å². The van der Waals surface area contributed by atoms with E-state index in [0.717, 1.165) is 39.4 Å². The van der Waals surface area contributed by atoms with E-state index >= 15 is 0 Å². The molecule has 0 aliphatic rings. The highest BCUT2D eigenvalue weighted by Crippen LogP contribution is 2.25. The van der Waals surface area contributed by atoms with Crippen molar-refractivity contribution in [3.05, 3.63) is 69.7 Å². The summed E-state index contributed by atoms with van der Waals surface area (Å²) in [5, 5.41) is 5.27. The second-order valence-electron chi connectivity index (χ2n) is 7.40. The van der Waals surface area contributed by atoms with Crippen LogP contribution in [-0.2, 0) is 16.0 Å². The van der Waals surface area contributed by atoms with E-state index in [9.17, 15) is 9.59 Å². The van der Waals surface area contributed by atoms with Crippen LogP contribution in [0.3, 0.4) is 0 Å². The summed E-state index contributed by atoms with van der Waals surface area (Å²) >= 11 is 1.38. The molecule has 1 N–H and O–H groups in total. The molecule has 0 fully saturated rings. The summed E-state index contributed by atoms with van der Waals surface area (Å²) in [6.07, 6.45) is 0.0312. The van der Waals surface area contributed by atoms with Crippen LogP contribution in [0.5, 0.6) is 0 Å². The predicted molar refractivity (Wildman–Crippen MR) is 121 cm³/mol. The number of thiazole rings is 1. The summed E-state index contributed by atoms with van der Waals surface area (Å²) in [5.74, 6) is -0.980. The number of amides is 1. The average molecular weight is 423 g/mol. The molecular weight excluding hydrogens is 396 g/mol. The third-order valence-corrected chi connectivity index (χ3v) is 5.79. The number of ether oxygens (including phenoxy) is 1. The molecule has 0 radical (unpaired) electrons. The maximum Gasteiger partial charge on any atom is 0.358 e. The minimum Gasteiger partial charge on any atom is -0.448 e.